The summed E-state index contributed by atoms with van der Waals surface area (Å²) in [5.74, 6) is -0.109. The lowest BCUT2D eigenvalue weighted by molar-refractivity contribution is -0.123. The van der Waals surface area contributed by atoms with Crippen molar-refractivity contribution < 1.29 is 14.3 Å². The number of ether oxygens (including phenoxy) is 1. The maximum Gasteiger partial charge on any atom is 0.277 e. The molecule has 0 radical (unpaired) electrons. The molecule has 0 spiro atoms. The molecule has 3 aromatic carbocycles. The minimum absolute atomic E-state index is 0.0571. The number of hydrogen-bond acceptors (Lipinski definition) is 4. The molecule has 0 fully saturated rings. The number of anilines is 1. The van der Waals surface area contributed by atoms with Gasteiger partial charge in [0.15, 0.2) is 6.61 Å². The standard InChI is InChI=1S/C22H20ClN3O3/c1-15(25-26-22(28)14-29-18-11-9-17(23)10-12-18)13-21(27)24-20-8-4-6-16-5-2-3-7-19(16)20/h2-12H,13-14H2,1H3,(H,24,27)(H,26,28). The van der Waals surface area contributed by atoms with Gasteiger partial charge in [-0.15, -0.1) is 0 Å². The normalized spacial score (nSPS) is 11.2. The molecule has 29 heavy (non-hydrogen) atoms. The predicted molar refractivity (Wildman–Crippen MR) is 115 cm³/mol. The molecule has 0 atom stereocenters. The molecule has 0 aliphatic rings. The van der Waals surface area contributed by atoms with Crippen LogP contribution in [0.4, 0.5) is 5.69 Å². The smallest absolute Gasteiger partial charge is 0.277 e. The summed E-state index contributed by atoms with van der Waals surface area (Å²) >= 11 is 5.79. The average molecular weight is 410 g/mol. The van der Waals surface area contributed by atoms with E-state index in [-0.39, 0.29) is 18.9 Å². The number of nitrogens with one attached hydrogen (secondary N) is 2. The highest BCUT2D eigenvalue weighted by Gasteiger charge is 2.08. The summed E-state index contributed by atoms with van der Waals surface area (Å²) < 4.78 is 5.34. The third-order valence-corrected chi connectivity index (χ3v) is 4.29. The van der Waals surface area contributed by atoms with Gasteiger partial charge in [0.2, 0.25) is 5.91 Å². The Morgan fingerprint density at radius 2 is 1.69 bits per heavy atom. The van der Waals surface area contributed by atoms with E-state index in [9.17, 15) is 9.59 Å². The minimum Gasteiger partial charge on any atom is -0.484 e. The average Bonchev–Trinajstić information content (AvgIpc) is 2.72. The van der Waals surface area contributed by atoms with Gasteiger partial charge in [0.1, 0.15) is 5.75 Å². The van der Waals surface area contributed by atoms with E-state index in [4.69, 9.17) is 16.3 Å². The number of benzene rings is 3. The van der Waals surface area contributed by atoms with E-state index in [1.165, 1.54) is 0 Å². The van der Waals surface area contributed by atoms with E-state index >= 15 is 0 Å². The fourth-order valence-corrected chi connectivity index (χ4v) is 2.80. The third kappa shape index (κ3) is 6.05. The fourth-order valence-electron chi connectivity index (χ4n) is 2.67. The maximum absolute atomic E-state index is 12.3. The van der Waals surface area contributed by atoms with E-state index in [0.717, 1.165) is 16.5 Å². The molecule has 0 bridgehead atoms. The highest BCUT2D eigenvalue weighted by Crippen LogP contribution is 2.23. The van der Waals surface area contributed by atoms with Crippen LogP contribution in [0.5, 0.6) is 5.75 Å². The topological polar surface area (TPSA) is 79.8 Å². The summed E-state index contributed by atoms with van der Waals surface area (Å²) in [5.41, 5.74) is 3.59. The summed E-state index contributed by atoms with van der Waals surface area (Å²) in [6.45, 7) is 1.48. The molecule has 2 amide bonds. The molecule has 0 heterocycles. The summed E-state index contributed by atoms with van der Waals surface area (Å²) in [5, 5.41) is 9.43. The quantitative estimate of drug-likeness (QED) is 0.448. The van der Waals surface area contributed by atoms with Crippen molar-refractivity contribution in [3.8, 4) is 5.75 Å². The molecular weight excluding hydrogens is 390 g/mol. The van der Waals surface area contributed by atoms with Gasteiger partial charge in [-0.05, 0) is 42.6 Å². The lowest BCUT2D eigenvalue weighted by Gasteiger charge is -2.09. The SMILES string of the molecule is CC(CC(=O)Nc1cccc2ccccc12)=NNC(=O)COc1ccc(Cl)cc1. The largest absolute Gasteiger partial charge is 0.484 e. The number of hydrogen-bond donors (Lipinski definition) is 2. The van der Waals surface area contributed by atoms with Crippen molar-refractivity contribution in [3.05, 3.63) is 71.8 Å². The molecule has 6 nitrogen and oxygen atoms in total. The monoisotopic (exact) mass is 409 g/mol. The fraction of sp³-hybridized carbons (Fsp3) is 0.136. The van der Waals surface area contributed by atoms with Crippen LogP contribution < -0.4 is 15.5 Å². The molecule has 3 rings (SSSR count). The first-order chi connectivity index (χ1) is 14.0. The lowest BCUT2D eigenvalue weighted by Crippen LogP contribution is -2.26. The van der Waals surface area contributed by atoms with Gasteiger partial charge in [0, 0.05) is 21.8 Å². The van der Waals surface area contributed by atoms with Gasteiger partial charge in [-0.1, -0.05) is 48.0 Å². The van der Waals surface area contributed by atoms with E-state index in [2.05, 4.69) is 15.8 Å². The Kier molecular flexibility index (Phi) is 6.81. The van der Waals surface area contributed by atoms with Gasteiger partial charge in [-0.2, -0.15) is 5.10 Å². The molecule has 7 heteroatoms. The first kappa shape index (κ1) is 20.4. The van der Waals surface area contributed by atoms with Crippen LogP contribution in [0.2, 0.25) is 5.02 Å². The Balaban J connectivity index is 1.49. The van der Waals surface area contributed by atoms with Crippen molar-refractivity contribution in [2.24, 2.45) is 5.10 Å². The van der Waals surface area contributed by atoms with Crippen molar-refractivity contribution in [1.29, 1.82) is 0 Å². The van der Waals surface area contributed by atoms with Gasteiger partial charge in [-0.25, -0.2) is 5.43 Å². The minimum atomic E-state index is -0.422. The first-order valence-corrected chi connectivity index (χ1v) is 9.37. The van der Waals surface area contributed by atoms with E-state index < -0.39 is 5.91 Å². The van der Waals surface area contributed by atoms with Crippen molar-refractivity contribution in [3.63, 3.8) is 0 Å². The summed E-state index contributed by atoms with van der Waals surface area (Å²) in [6, 6.07) is 20.2. The van der Waals surface area contributed by atoms with E-state index in [1.807, 2.05) is 42.5 Å². The second-order valence-electron chi connectivity index (χ2n) is 6.38. The van der Waals surface area contributed by atoms with Gasteiger partial charge in [-0.3, -0.25) is 9.59 Å². The molecule has 0 saturated carbocycles. The molecule has 0 aliphatic carbocycles. The van der Waals surface area contributed by atoms with Crippen LogP contribution in [0, 0.1) is 0 Å². The van der Waals surface area contributed by atoms with E-state index in [0.29, 0.717) is 16.5 Å². The lowest BCUT2D eigenvalue weighted by atomic mass is 10.1. The number of rotatable bonds is 7. The van der Waals surface area contributed by atoms with Crippen LogP contribution in [0.15, 0.2) is 71.8 Å². The Bertz CT molecular complexity index is 1040. The van der Waals surface area contributed by atoms with Crippen molar-refractivity contribution >= 4 is 45.6 Å². The van der Waals surface area contributed by atoms with Gasteiger partial charge >= 0.3 is 0 Å². The maximum atomic E-state index is 12.3. The molecule has 0 saturated heterocycles. The summed E-state index contributed by atoms with van der Waals surface area (Å²) in [6.07, 6.45) is 0.0571. The van der Waals surface area contributed by atoms with Crippen LogP contribution in [0.25, 0.3) is 10.8 Å². The number of amides is 2. The van der Waals surface area contributed by atoms with E-state index in [1.54, 1.807) is 31.2 Å². The number of hydrazone groups is 1. The molecule has 148 valence electrons. The second kappa shape index (κ2) is 9.71. The first-order valence-electron chi connectivity index (χ1n) is 8.99. The van der Waals surface area contributed by atoms with Gasteiger partial charge in [0.25, 0.3) is 5.91 Å². The summed E-state index contributed by atoms with van der Waals surface area (Å²) in [7, 11) is 0. The van der Waals surface area contributed by atoms with Crippen LogP contribution >= 0.6 is 11.6 Å². The van der Waals surface area contributed by atoms with Crippen LogP contribution in [0.1, 0.15) is 13.3 Å². The Labute approximate surface area is 173 Å². The van der Waals surface area contributed by atoms with Crippen molar-refractivity contribution in [2.45, 2.75) is 13.3 Å². The van der Waals surface area contributed by atoms with Gasteiger partial charge < -0.3 is 10.1 Å². The Morgan fingerprint density at radius 3 is 2.48 bits per heavy atom. The Hall–Kier alpha value is -3.38. The summed E-state index contributed by atoms with van der Waals surface area (Å²) in [4.78, 5) is 24.2. The molecule has 0 aliphatic heterocycles. The molecule has 2 N–H and O–H groups in total. The third-order valence-electron chi connectivity index (χ3n) is 4.04. The number of fused-ring (bicyclic) bond motifs is 1. The number of carbonyl (C=O) groups is 2. The van der Waals surface area contributed by atoms with Crippen LogP contribution in [-0.4, -0.2) is 24.1 Å². The van der Waals surface area contributed by atoms with Gasteiger partial charge in [0.05, 0.1) is 6.42 Å². The number of nitrogens with zero attached hydrogens (tertiary/aromatic N) is 1. The molecule has 0 aromatic heterocycles. The molecule has 3 aromatic rings. The molecular formula is C22H20ClN3O3. The predicted octanol–water partition coefficient (Wildman–Crippen LogP) is 4.39. The highest BCUT2D eigenvalue weighted by molar-refractivity contribution is 6.30. The van der Waals surface area contributed by atoms with Crippen LogP contribution in [-0.2, 0) is 9.59 Å². The number of carbonyl (C=O) groups excluding carboxylic acids is 2. The second-order valence-corrected chi connectivity index (χ2v) is 6.81. The van der Waals surface area contributed by atoms with Crippen LogP contribution in [0.3, 0.4) is 0 Å². The zero-order valence-electron chi connectivity index (χ0n) is 15.8. The zero-order chi connectivity index (χ0) is 20.6. The highest BCUT2D eigenvalue weighted by atomic mass is 35.5. The molecule has 0 unspecified atom stereocenters. The van der Waals surface area contributed by atoms with Crippen molar-refractivity contribution in [2.75, 3.05) is 11.9 Å². The van der Waals surface area contributed by atoms with Crippen molar-refractivity contribution in [1.82, 2.24) is 5.43 Å². The zero-order valence-corrected chi connectivity index (χ0v) is 16.6. The Morgan fingerprint density at radius 1 is 0.966 bits per heavy atom. The number of halogens is 1.